The van der Waals surface area contributed by atoms with E-state index in [1.807, 2.05) is 0 Å². The molecule has 8 nitrogen and oxygen atoms in total. The molecule has 1 aromatic heterocycles. The van der Waals surface area contributed by atoms with Crippen molar-refractivity contribution in [1.29, 1.82) is 0 Å². The van der Waals surface area contributed by atoms with Crippen molar-refractivity contribution in [1.82, 2.24) is 19.7 Å². The van der Waals surface area contributed by atoms with Crippen LogP contribution < -0.4 is 5.32 Å². The van der Waals surface area contributed by atoms with Gasteiger partial charge in [0.2, 0.25) is 5.95 Å². The van der Waals surface area contributed by atoms with Gasteiger partial charge in [-0.05, 0) is 20.8 Å². The molecule has 1 rings (SSSR count). The lowest BCUT2D eigenvalue weighted by atomic mass is 10.1. The van der Waals surface area contributed by atoms with E-state index in [1.165, 1.54) is 15.9 Å². The molecule has 0 aliphatic heterocycles. The molecule has 2 N–H and O–H groups in total. The third kappa shape index (κ3) is 3.44. The molecule has 0 fully saturated rings. The molecule has 0 aromatic carbocycles. The normalized spacial score (nSPS) is 11.1. The fourth-order valence-electron chi connectivity index (χ4n) is 1.32. The number of carboxylic acids is 1. The first-order valence-corrected chi connectivity index (χ1v) is 5.36. The van der Waals surface area contributed by atoms with Crippen LogP contribution in [0.15, 0.2) is 6.33 Å². The maximum absolute atomic E-state index is 12.0. The van der Waals surface area contributed by atoms with Gasteiger partial charge in [0, 0.05) is 12.6 Å². The fourth-order valence-corrected chi connectivity index (χ4v) is 1.32. The summed E-state index contributed by atoms with van der Waals surface area (Å²) in [5.74, 6) is -0.808. The van der Waals surface area contributed by atoms with Crippen molar-refractivity contribution in [3.8, 4) is 0 Å². The summed E-state index contributed by atoms with van der Waals surface area (Å²) in [5, 5.41) is 15.1. The molecule has 0 unspecified atom stereocenters. The summed E-state index contributed by atoms with van der Waals surface area (Å²) < 4.78 is 1.39. The minimum Gasteiger partial charge on any atom is -0.480 e. The molecule has 1 aromatic rings. The molecular formula is C10H17N5O3. The van der Waals surface area contributed by atoms with Crippen LogP contribution in [0.3, 0.4) is 0 Å². The minimum atomic E-state index is -1.07. The monoisotopic (exact) mass is 255 g/mol. The highest BCUT2D eigenvalue weighted by molar-refractivity contribution is 5.90. The number of aromatic nitrogens is 3. The number of aliphatic carboxylic acids is 1. The smallest absolute Gasteiger partial charge is 0.325 e. The Balaban J connectivity index is 2.83. The highest BCUT2D eigenvalue weighted by atomic mass is 16.4. The van der Waals surface area contributed by atoms with Gasteiger partial charge in [0.1, 0.15) is 12.9 Å². The topological polar surface area (TPSA) is 100 Å². The van der Waals surface area contributed by atoms with Crippen LogP contribution in [-0.2, 0) is 11.8 Å². The Morgan fingerprint density at radius 1 is 1.50 bits per heavy atom. The molecule has 0 radical (unpaired) electrons. The van der Waals surface area contributed by atoms with Gasteiger partial charge in [0.05, 0.1) is 0 Å². The van der Waals surface area contributed by atoms with Gasteiger partial charge in [0.15, 0.2) is 0 Å². The van der Waals surface area contributed by atoms with Crippen molar-refractivity contribution in [3.63, 3.8) is 0 Å². The molecule has 0 aliphatic carbocycles. The van der Waals surface area contributed by atoms with Crippen molar-refractivity contribution < 1.29 is 14.7 Å². The lowest BCUT2D eigenvalue weighted by Gasteiger charge is -2.34. The van der Waals surface area contributed by atoms with Crippen LogP contribution in [0.25, 0.3) is 0 Å². The first-order valence-electron chi connectivity index (χ1n) is 5.36. The Bertz CT molecular complexity index is 449. The van der Waals surface area contributed by atoms with Crippen molar-refractivity contribution in [2.75, 3.05) is 11.9 Å². The average Bonchev–Trinajstić information content (AvgIpc) is 2.59. The maximum Gasteiger partial charge on any atom is 0.325 e. The van der Waals surface area contributed by atoms with Gasteiger partial charge in [-0.3, -0.25) is 10.1 Å². The van der Waals surface area contributed by atoms with Crippen molar-refractivity contribution >= 4 is 17.9 Å². The predicted octanol–water partition coefficient (Wildman–Crippen LogP) is 0.532. The standard InChI is InChI=1S/C10H17N5O3/c1-10(2,3)15(5-7(16)17)9(18)13-8-11-6-12-14(8)4/h6H,5H2,1-4H3,(H,16,17)(H,11,12,13,18). The van der Waals surface area contributed by atoms with E-state index in [-0.39, 0.29) is 12.5 Å². The van der Waals surface area contributed by atoms with Crippen LogP contribution in [0, 0.1) is 0 Å². The molecule has 0 atom stereocenters. The van der Waals surface area contributed by atoms with E-state index >= 15 is 0 Å². The van der Waals surface area contributed by atoms with Crippen molar-refractivity contribution in [3.05, 3.63) is 6.33 Å². The van der Waals surface area contributed by atoms with Gasteiger partial charge in [-0.15, -0.1) is 0 Å². The van der Waals surface area contributed by atoms with Gasteiger partial charge in [-0.25, -0.2) is 9.48 Å². The quantitative estimate of drug-likeness (QED) is 0.820. The van der Waals surface area contributed by atoms with Crippen LogP contribution in [-0.4, -0.2) is 48.9 Å². The molecule has 0 saturated heterocycles. The van der Waals surface area contributed by atoms with E-state index in [0.717, 1.165) is 0 Å². The van der Waals surface area contributed by atoms with Gasteiger partial charge in [0.25, 0.3) is 0 Å². The van der Waals surface area contributed by atoms with E-state index in [4.69, 9.17) is 5.11 Å². The Labute approximate surface area is 105 Å². The average molecular weight is 255 g/mol. The second-order valence-corrected chi connectivity index (χ2v) is 4.79. The van der Waals surface area contributed by atoms with E-state index in [2.05, 4.69) is 15.4 Å². The van der Waals surface area contributed by atoms with Gasteiger partial charge >= 0.3 is 12.0 Å². The first-order chi connectivity index (χ1) is 8.21. The summed E-state index contributed by atoms with van der Waals surface area (Å²) in [6, 6.07) is -0.527. The number of carbonyl (C=O) groups is 2. The predicted molar refractivity (Wildman–Crippen MR) is 64.1 cm³/mol. The molecule has 0 spiro atoms. The molecule has 0 saturated carbocycles. The van der Waals surface area contributed by atoms with Gasteiger partial charge in [-0.1, -0.05) is 0 Å². The lowest BCUT2D eigenvalue weighted by Crippen LogP contribution is -2.50. The van der Waals surface area contributed by atoms with Gasteiger partial charge in [-0.2, -0.15) is 10.1 Å². The number of anilines is 1. The number of urea groups is 1. The molecule has 0 aliphatic rings. The maximum atomic E-state index is 12.0. The molecule has 18 heavy (non-hydrogen) atoms. The SMILES string of the molecule is Cn1ncnc1NC(=O)N(CC(=O)O)C(C)(C)C. The lowest BCUT2D eigenvalue weighted by molar-refractivity contribution is -0.138. The van der Waals surface area contributed by atoms with Crippen molar-refractivity contribution in [2.45, 2.75) is 26.3 Å². The van der Waals surface area contributed by atoms with Gasteiger partial charge < -0.3 is 10.0 Å². The number of aryl methyl sites for hydroxylation is 1. The van der Waals surface area contributed by atoms with Crippen LogP contribution in [0.5, 0.6) is 0 Å². The second-order valence-electron chi connectivity index (χ2n) is 4.79. The summed E-state index contributed by atoms with van der Waals surface area (Å²) in [5.41, 5.74) is -0.610. The zero-order valence-electron chi connectivity index (χ0n) is 10.8. The number of hydrogen-bond acceptors (Lipinski definition) is 4. The minimum absolute atomic E-state index is 0.264. The van der Waals surface area contributed by atoms with E-state index in [9.17, 15) is 9.59 Å². The van der Waals surface area contributed by atoms with Crippen LogP contribution in [0.1, 0.15) is 20.8 Å². The zero-order chi connectivity index (χ0) is 13.9. The number of rotatable bonds is 3. The summed E-state index contributed by atoms with van der Waals surface area (Å²) in [6.07, 6.45) is 1.30. The number of hydrogen-bond donors (Lipinski definition) is 2. The van der Waals surface area contributed by atoms with Crippen LogP contribution in [0.4, 0.5) is 10.7 Å². The summed E-state index contributed by atoms with van der Waals surface area (Å²) in [4.78, 5) is 27.8. The number of carbonyl (C=O) groups excluding carboxylic acids is 1. The third-order valence-electron chi connectivity index (χ3n) is 2.28. The van der Waals surface area contributed by atoms with Crippen molar-refractivity contribution in [2.24, 2.45) is 7.05 Å². The van der Waals surface area contributed by atoms with E-state index < -0.39 is 17.5 Å². The molecule has 2 amide bonds. The third-order valence-corrected chi connectivity index (χ3v) is 2.28. The second kappa shape index (κ2) is 5.03. The molecule has 100 valence electrons. The van der Waals surface area contributed by atoms with E-state index in [0.29, 0.717) is 0 Å². The fraction of sp³-hybridized carbons (Fsp3) is 0.600. The highest BCUT2D eigenvalue weighted by Crippen LogP contribution is 2.14. The highest BCUT2D eigenvalue weighted by Gasteiger charge is 2.29. The number of carboxylic acid groups (broad SMARTS) is 1. The summed E-state index contributed by atoms with van der Waals surface area (Å²) >= 11 is 0. The zero-order valence-corrected chi connectivity index (χ0v) is 10.8. The molecule has 8 heteroatoms. The number of nitrogens with one attached hydrogen (secondary N) is 1. The number of amides is 2. The van der Waals surface area contributed by atoms with E-state index in [1.54, 1.807) is 27.8 Å². The van der Waals surface area contributed by atoms with Crippen LogP contribution in [0.2, 0.25) is 0 Å². The molecule has 1 heterocycles. The Kier molecular flexibility index (Phi) is 3.89. The molecular weight excluding hydrogens is 238 g/mol. The first kappa shape index (κ1) is 13.9. The summed E-state index contributed by atoms with van der Waals surface area (Å²) in [7, 11) is 1.63. The molecule has 0 bridgehead atoms. The Morgan fingerprint density at radius 2 is 2.11 bits per heavy atom. The summed E-state index contributed by atoms with van der Waals surface area (Å²) in [6.45, 7) is 4.89. The number of nitrogens with zero attached hydrogens (tertiary/aromatic N) is 4. The largest absolute Gasteiger partial charge is 0.480 e. The Morgan fingerprint density at radius 3 is 2.50 bits per heavy atom. The van der Waals surface area contributed by atoms with Crippen LogP contribution >= 0.6 is 0 Å². The Hall–Kier alpha value is -2.12.